The van der Waals surface area contributed by atoms with Gasteiger partial charge in [-0.15, -0.1) is 0 Å². The molecule has 0 aliphatic rings. The number of hydrogen-bond acceptors (Lipinski definition) is 4. The summed E-state index contributed by atoms with van der Waals surface area (Å²) in [5.74, 6) is -1.34. The van der Waals surface area contributed by atoms with Crippen molar-refractivity contribution in [3.05, 3.63) is 24.3 Å². The van der Waals surface area contributed by atoms with Crippen molar-refractivity contribution in [1.82, 2.24) is 0 Å². The molecule has 6 heteroatoms. The Bertz CT molecular complexity index is 460. The summed E-state index contributed by atoms with van der Waals surface area (Å²) in [6, 6.07) is 6.50. The number of carboxylic acids is 1. The van der Waals surface area contributed by atoms with Gasteiger partial charge in [-0.2, -0.15) is 0 Å². The third kappa shape index (κ3) is 4.97. The number of hydrogen-bond donors (Lipinski definition) is 3. The molecule has 1 atom stereocenters. The van der Waals surface area contributed by atoms with Crippen LogP contribution < -0.4 is 16.0 Å². The first-order chi connectivity index (χ1) is 8.90. The molecule has 19 heavy (non-hydrogen) atoms. The second-order valence-corrected chi connectivity index (χ2v) is 4.47. The van der Waals surface area contributed by atoms with Crippen LogP contribution in [0.4, 0.5) is 11.4 Å². The second-order valence-electron chi connectivity index (χ2n) is 4.47. The Morgan fingerprint density at radius 3 is 2.68 bits per heavy atom. The van der Waals surface area contributed by atoms with E-state index >= 15 is 0 Å². The van der Waals surface area contributed by atoms with E-state index in [1.807, 2.05) is 37.2 Å². The molecule has 0 aliphatic heterocycles. The fraction of sp³-hybridized carbons (Fsp3) is 0.385. The molecule has 0 heterocycles. The highest BCUT2D eigenvalue weighted by atomic mass is 16.4. The molecule has 0 saturated carbocycles. The van der Waals surface area contributed by atoms with E-state index in [1.54, 1.807) is 6.07 Å². The van der Waals surface area contributed by atoms with Crippen LogP contribution in [0.25, 0.3) is 0 Å². The molecule has 0 fully saturated rings. The summed E-state index contributed by atoms with van der Waals surface area (Å²) in [5, 5.41) is 11.2. The molecular formula is C13H19N3O3. The quantitative estimate of drug-likeness (QED) is 0.709. The number of rotatable bonds is 6. The molecule has 0 aromatic heterocycles. The zero-order valence-corrected chi connectivity index (χ0v) is 11.1. The van der Waals surface area contributed by atoms with E-state index in [4.69, 9.17) is 10.8 Å². The molecule has 1 unspecified atom stereocenters. The van der Waals surface area contributed by atoms with Crippen LogP contribution in [0.15, 0.2) is 24.3 Å². The van der Waals surface area contributed by atoms with E-state index in [2.05, 4.69) is 5.32 Å². The Hall–Kier alpha value is -2.08. The molecule has 0 saturated heterocycles. The van der Waals surface area contributed by atoms with E-state index in [-0.39, 0.29) is 18.7 Å². The van der Waals surface area contributed by atoms with Crippen LogP contribution in [0.2, 0.25) is 0 Å². The lowest BCUT2D eigenvalue weighted by Crippen LogP contribution is -2.36. The molecule has 1 amide bonds. The molecule has 0 spiro atoms. The van der Waals surface area contributed by atoms with Crippen molar-refractivity contribution in [2.75, 3.05) is 24.3 Å². The number of amides is 1. The summed E-state index contributed by atoms with van der Waals surface area (Å²) >= 11 is 0. The van der Waals surface area contributed by atoms with Crippen molar-refractivity contribution in [2.45, 2.75) is 18.9 Å². The number of anilines is 2. The fourth-order valence-electron chi connectivity index (χ4n) is 1.51. The zero-order valence-electron chi connectivity index (χ0n) is 11.1. The lowest BCUT2D eigenvalue weighted by Gasteiger charge is -2.15. The van der Waals surface area contributed by atoms with Crippen LogP contribution in [0.5, 0.6) is 0 Å². The first-order valence-electron chi connectivity index (χ1n) is 5.96. The van der Waals surface area contributed by atoms with Crippen LogP contribution in [-0.4, -0.2) is 37.1 Å². The second kappa shape index (κ2) is 6.75. The number of nitrogens with zero attached hydrogens (tertiary/aromatic N) is 1. The normalized spacial score (nSPS) is 11.7. The Morgan fingerprint density at radius 1 is 1.42 bits per heavy atom. The van der Waals surface area contributed by atoms with Gasteiger partial charge in [0.2, 0.25) is 5.91 Å². The summed E-state index contributed by atoms with van der Waals surface area (Å²) in [6.07, 6.45) is 0.000855. The van der Waals surface area contributed by atoms with Crippen LogP contribution in [-0.2, 0) is 9.59 Å². The molecular weight excluding hydrogens is 246 g/mol. The van der Waals surface area contributed by atoms with Crippen molar-refractivity contribution < 1.29 is 14.7 Å². The Balaban J connectivity index is 2.61. The van der Waals surface area contributed by atoms with Crippen molar-refractivity contribution in [3.8, 4) is 0 Å². The van der Waals surface area contributed by atoms with Crippen molar-refractivity contribution in [2.24, 2.45) is 5.73 Å². The van der Waals surface area contributed by atoms with Crippen molar-refractivity contribution in [3.63, 3.8) is 0 Å². The van der Waals surface area contributed by atoms with Crippen LogP contribution in [0.3, 0.4) is 0 Å². The summed E-state index contributed by atoms with van der Waals surface area (Å²) in [6.45, 7) is 0. The first kappa shape index (κ1) is 15.0. The number of benzene rings is 1. The Morgan fingerprint density at radius 2 is 2.11 bits per heavy atom. The maximum absolute atomic E-state index is 11.8. The smallest absolute Gasteiger partial charge is 0.303 e. The lowest BCUT2D eigenvalue weighted by atomic mass is 10.1. The number of nitrogens with one attached hydrogen (secondary N) is 1. The highest BCUT2D eigenvalue weighted by Crippen LogP contribution is 2.17. The molecule has 1 rings (SSSR count). The molecule has 1 aromatic rings. The van der Waals surface area contributed by atoms with Gasteiger partial charge >= 0.3 is 5.97 Å². The largest absolute Gasteiger partial charge is 0.481 e. The standard InChI is InChI=1S/C13H19N3O3/c1-16(2)10-5-3-4-9(8-10)15-13(19)11(14)6-7-12(17)18/h3-5,8,11H,6-7,14H2,1-2H3,(H,15,19)(H,17,18). The number of aliphatic carboxylic acids is 1. The van der Waals surface area contributed by atoms with Gasteiger partial charge in [-0.3, -0.25) is 9.59 Å². The monoisotopic (exact) mass is 265 g/mol. The highest BCUT2D eigenvalue weighted by Gasteiger charge is 2.15. The van der Waals surface area contributed by atoms with Gasteiger partial charge in [0.15, 0.2) is 0 Å². The number of carbonyl (C=O) groups is 2. The van der Waals surface area contributed by atoms with Gasteiger partial charge in [0, 0.05) is 31.9 Å². The summed E-state index contributed by atoms with van der Waals surface area (Å²) < 4.78 is 0. The molecule has 1 aromatic carbocycles. The van der Waals surface area contributed by atoms with E-state index in [0.29, 0.717) is 5.69 Å². The number of carbonyl (C=O) groups excluding carboxylic acids is 1. The van der Waals surface area contributed by atoms with Gasteiger partial charge in [0.1, 0.15) is 0 Å². The minimum Gasteiger partial charge on any atom is -0.481 e. The topological polar surface area (TPSA) is 95.7 Å². The minimum atomic E-state index is -0.960. The predicted molar refractivity (Wildman–Crippen MR) is 74.2 cm³/mol. The Kier molecular flexibility index (Phi) is 5.32. The average molecular weight is 265 g/mol. The number of carboxylic acid groups (broad SMARTS) is 1. The third-order valence-corrected chi connectivity index (χ3v) is 2.64. The molecule has 0 radical (unpaired) electrons. The lowest BCUT2D eigenvalue weighted by molar-refractivity contribution is -0.137. The maximum atomic E-state index is 11.8. The average Bonchev–Trinajstić information content (AvgIpc) is 2.36. The minimum absolute atomic E-state index is 0.119. The van der Waals surface area contributed by atoms with E-state index in [9.17, 15) is 9.59 Å². The van der Waals surface area contributed by atoms with Crippen LogP contribution in [0, 0.1) is 0 Å². The van der Waals surface area contributed by atoms with Crippen LogP contribution in [0.1, 0.15) is 12.8 Å². The van der Waals surface area contributed by atoms with Crippen LogP contribution >= 0.6 is 0 Å². The van der Waals surface area contributed by atoms with Crippen molar-refractivity contribution in [1.29, 1.82) is 0 Å². The highest BCUT2D eigenvalue weighted by molar-refractivity contribution is 5.95. The summed E-state index contributed by atoms with van der Waals surface area (Å²) in [4.78, 5) is 24.1. The maximum Gasteiger partial charge on any atom is 0.303 e. The summed E-state index contributed by atoms with van der Waals surface area (Å²) in [7, 11) is 3.80. The van der Waals surface area contributed by atoms with Gasteiger partial charge in [-0.25, -0.2) is 0 Å². The van der Waals surface area contributed by atoms with E-state index < -0.39 is 12.0 Å². The van der Waals surface area contributed by atoms with Gasteiger partial charge in [0.25, 0.3) is 0 Å². The fourth-order valence-corrected chi connectivity index (χ4v) is 1.51. The Labute approximate surface area is 112 Å². The molecule has 4 N–H and O–H groups in total. The van der Waals surface area contributed by atoms with Gasteiger partial charge in [-0.1, -0.05) is 6.07 Å². The molecule has 0 aliphatic carbocycles. The van der Waals surface area contributed by atoms with E-state index in [0.717, 1.165) is 5.69 Å². The van der Waals surface area contributed by atoms with Gasteiger partial charge < -0.3 is 21.1 Å². The first-order valence-corrected chi connectivity index (χ1v) is 5.96. The van der Waals surface area contributed by atoms with Crippen molar-refractivity contribution >= 4 is 23.3 Å². The number of nitrogens with two attached hydrogens (primary N) is 1. The molecule has 0 bridgehead atoms. The van der Waals surface area contributed by atoms with E-state index in [1.165, 1.54) is 0 Å². The molecule has 104 valence electrons. The third-order valence-electron chi connectivity index (χ3n) is 2.64. The summed E-state index contributed by atoms with van der Waals surface area (Å²) in [5.41, 5.74) is 7.22. The molecule has 6 nitrogen and oxygen atoms in total. The SMILES string of the molecule is CN(C)c1cccc(NC(=O)C(N)CCC(=O)O)c1. The van der Waals surface area contributed by atoms with Gasteiger partial charge in [-0.05, 0) is 24.6 Å². The predicted octanol–water partition coefficient (Wildman–Crippen LogP) is 0.883. The van der Waals surface area contributed by atoms with Gasteiger partial charge in [0.05, 0.1) is 6.04 Å². The zero-order chi connectivity index (χ0) is 14.4.